The number of carbonyl (C=O) groups excluding carboxylic acids is 1. The van der Waals surface area contributed by atoms with Crippen molar-refractivity contribution in [1.82, 2.24) is 10.2 Å². The Kier molecular flexibility index (Phi) is 4.46. The van der Waals surface area contributed by atoms with Crippen LogP contribution in [0.3, 0.4) is 0 Å². The highest BCUT2D eigenvalue weighted by Crippen LogP contribution is 2.18. The van der Waals surface area contributed by atoms with Crippen molar-refractivity contribution in [3.05, 3.63) is 42.0 Å². The first-order chi connectivity index (χ1) is 10.1. The van der Waals surface area contributed by atoms with Gasteiger partial charge in [-0.05, 0) is 24.3 Å². The molecule has 0 saturated heterocycles. The van der Waals surface area contributed by atoms with Gasteiger partial charge in [0.05, 0.1) is 11.3 Å². The standard InChI is InChI=1S/C15H15N5O/c1-10(2)15(21)18-14-8-7-13(19-20-14)17-12-6-4-3-5-11(12)9-16/h3-8,10H,1-2H3,(H,17,19)(H,18,20,21). The lowest BCUT2D eigenvalue weighted by atomic mass is 10.2. The van der Waals surface area contributed by atoms with Crippen LogP contribution in [0.25, 0.3) is 0 Å². The monoisotopic (exact) mass is 281 g/mol. The number of nitriles is 1. The predicted molar refractivity (Wildman–Crippen MR) is 79.9 cm³/mol. The first-order valence-corrected chi connectivity index (χ1v) is 6.51. The predicted octanol–water partition coefficient (Wildman–Crippen LogP) is 2.69. The maximum Gasteiger partial charge on any atom is 0.228 e. The summed E-state index contributed by atoms with van der Waals surface area (Å²) < 4.78 is 0. The Morgan fingerprint density at radius 3 is 2.43 bits per heavy atom. The van der Waals surface area contributed by atoms with E-state index in [1.54, 1.807) is 44.2 Å². The van der Waals surface area contributed by atoms with Crippen LogP contribution in [0.5, 0.6) is 0 Å². The number of nitrogens with zero attached hydrogens (tertiary/aromatic N) is 3. The molecule has 0 saturated carbocycles. The normalized spacial score (nSPS) is 10.0. The van der Waals surface area contributed by atoms with Crippen molar-refractivity contribution in [3.63, 3.8) is 0 Å². The summed E-state index contributed by atoms with van der Waals surface area (Å²) in [4.78, 5) is 11.5. The molecule has 106 valence electrons. The molecule has 6 heteroatoms. The summed E-state index contributed by atoms with van der Waals surface area (Å²) in [5, 5.41) is 22.6. The average molecular weight is 281 g/mol. The number of hydrogen-bond donors (Lipinski definition) is 2. The number of nitrogens with one attached hydrogen (secondary N) is 2. The third kappa shape index (κ3) is 3.76. The summed E-state index contributed by atoms with van der Waals surface area (Å²) in [6, 6.07) is 12.6. The third-order valence-electron chi connectivity index (χ3n) is 2.75. The summed E-state index contributed by atoms with van der Waals surface area (Å²) >= 11 is 0. The zero-order chi connectivity index (χ0) is 15.2. The van der Waals surface area contributed by atoms with Gasteiger partial charge in [0.2, 0.25) is 5.91 Å². The Hall–Kier alpha value is -2.94. The zero-order valence-electron chi connectivity index (χ0n) is 11.8. The maximum atomic E-state index is 11.5. The lowest BCUT2D eigenvalue weighted by molar-refractivity contribution is -0.118. The molecule has 2 N–H and O–H groups in total. The van der Waals surface area contributed by atoms with E-state index in [0.717, 1.165) is 0 Å². The molecule has 0 bridgehead atoms. The molecule has 0 aliphatic heterocycles. The third-order valence-corrected chi connectivity index (χ3v) is 2.75. The molecule has 2 rings (SSSR count). The van der Waals surface area contributed by atoms with Crippen LogP contribution in [0.1, 0.15) is 19.4 Å². The highest BCUT2D eigenvalue weighted by Gasteiger charge is 2.08. The van der Waals surface area contributed by atoms with Crippen molar-refractivity contribution in [2.45, 2.75) is 13.8 Å². The number of aromatic nitrogens is 2. The largest absolute Gasteiger partial charge is 0.338 e. The lowest BCUT2D eigenvalue weighted by Crippen LogP contribution is -2.18. The number of para-hydroxylation sites is 1. The highest BCUT2D eigenvalue weighted by molar-refractivity contribution is 5.91. The van der Waals surface area contributed by atoms with E-state index in [2.05, 4.69) is 26.9 Å². The average Bonchev–Trinajstić information content (AvgIpc) is 2.49. The fourth-order valence-corrected chi connectivity index (χ4v) is 1.56. The first kappa shape index (κ1) is 14.5. The Bertz CT molecular complexity index is 673. The van der Waals surface area contributed by atoms with E-state index in [1.165, 1.54) is 0 Å². The number of rotatable bonds is 4. The maximum absolute atomic E-state index is 11.5. The van der Waals surface area contributed by atoms with E-state index in [9.17, 15) is 4.79 Å². The minimum absolute atomic E-state index is 0.111. The van der Waals surface area contributed by atoms with E-state index in [1.807, 2.05) is 6.07 Å². The van der Waals surface area contributed by atoms with Gasteiger partial charge in [-0.25, -0.2) is 0 Å². The van der Waals surface area contributed by atoms with Gasteiger partial charge >= 0.3 is 0 Å². The van der Waals surface area contributed by atoms with E-state index < -0.39 is 0 Å². The van der Waals surface area contributed by atoms with Crippen molar-refractivity contribution < 1.29 is 4.79 Å². The Morgan fingerprint density at radius 1 is 1.14 bits per heavy atom. The molecule has 1 heterocycles. The molecule has 1 aromatic carbocycles. The molecule has 6 nitrogen and oxygen atoms in total. The molecular weight excluding hydrogens is 266 g/mol. The second kappa shape index (κ2) is 6.48. The van der Waals surface area contributed by atoms with Crippen LogP contribution in [0.4, 0.5) is 17.3 Å². The molecule has 0 radical (unpaired) electrons. The molecule has 2 aromatic rings. The fraction of sp³-hybridized carbons (Fsp3) is 0.200. The second-order valence-electron chi connectivity index (χ2n) is 4.73. The van der Waals surface area contributed by atoms with Crippen LogP contribution in [0, 0.1) is 17.2 Å². The van der Waals surface area contributed by atoms with Gasteiger partial charge < -0.3 is 10.6 Å². The number of benzene rings is 1. The van der Waals surface area contributed by atoms with Crippen molar-refractivity contribution in [2.75, 3.05) is 10.6 Å². The highest BCUT2D eigenvalue weighted by atomic mass is 16.1. The molecule has 0 fully saturated rings. The van der Waals surface area contributed by atoms with Gasteiger partial charge in [-0.3, -0.25) is 4.79 Å². The van der Waals surface area contributed by atoms with Crippen molar-refractivity contribution in [3.8, 4) is 6.07 Å². The van der Waals surface area contributed by atoms with Gasteiger partial charge in [0.1, 0.15) is 6.07 Å². The Morgan fingerprint density at radius 2 is 1.81 bits per heavy atom. The molecular formula is C15H15N5O. The van der Waals surface area contributed by atoms with Crippen molar-refractivity contribution >= 4 is 23.2 Å². The zero-order valence-corrected chi connectivity index (χ0v) is 11.8. The van der Waals surface area contributed by atoms with E-state index in [0.29, 0.717) is 22.9 Å². The summed E-state index contributed by atoms with van der Waals surface area (Å²) in [5.41, 5.74) is 1.18. The van der Waals surface area contributed by atoms with E-state index in [-0.39, 0.29) is 11.8 Å². The van der Waals surface area contributed by atoms with Crippen LogP contribution in [0.2, 0.25) is 0 Å². The fourth-order valence-electron chi connectivity index (χ4n) is 1.56. The van der Waals surface area contributed by atoms with Crippen LogP contribution < -0.4 is 10.6 Å². The lowest BCUT2D eigenvalue weighted by Gasteiger charge is -2.08. The van der Waals surface area contributed by atoms with Gasteiger partial charge in [0.25, 0.3) is 0 Å². The van der Waals surface area contributed by atoms with Crippen LogP contribution in [-0.4, -0.2) is 16.1 Å². The Balaban J connectivity index is 2.09. The SMILES string of the molecule is CC(C)C(=O)Nc1ccc(Nc2ccccc2C#N)nn1. The van der Waals surface area contributed by atoms with Gasteiger partial charge in [-0.1, -0.05) is 26.0 Å². The van der Waals surface area contributed by atoms with Gasteiger partial charge in [-0.2, -0.15) is 5.26 Å². The van der Waals surface area contributed by atoms with E-state index in [4.69, 9.17) is 5.26 Å². The number of amides is 1. The van der Waals surface area contributed by atoms with Crippen LogP contribution >= 0.6 is 0 Å². The van der Waals surface area contributed by atoms with Crippen molar-refractivity contribution in [2.24, 2.45) is 5.92 Å². The second-order valence-corrected chi connectivity index (χ2v) is 4.73. The topological polar surface area (TPSA) is 90.7 Å². The van der Waals surface area contributed by atoms with E-state index >= 15 is 0 Å². The summed E-state index contributed by atoms with van der Waals surface area (Å²) in [5.74, 6) is 0.667. The van der Waals surface area contributed by atoms with Gasteiger partial charge in [0, 0.05) is 5.92 Å². The number of anilines is 3. The molecule has 21 heavy (non-hydrogen) atoms. The molecule has 0 aliphatic rings. The minimum atomic E-state index is -0.118. The van der Waals surface area contributed by atoms with Gasteiger partial charge in [0.15, 0.2) is 11.6 Å². The van der Waals surface area contributed by atoms with Crippen molar-refractivity contribution in [1.29, 1.82) is 5.26 Å². The number of carbonyl (C=O) groups is 1. The molecule has 1 amide bonds. The summed E-state index contributed by atoms with van der Waals surface area (Å²) in [6.07, 6.45) is 0. The summed E-state index contributed by atoms with van der Waals surface area (Å²) in [6.45, 7) is 3.61. The van der Waals surface area contributed by atoms with Crippen LogP contribution in [-0.2, 0) is 4.79 Å². The minimum Gasteiger partial charge on any atom is -0.338 e. The quantitative estimate of drug-likeness (QED) is 0.899. The Labute approximate surface area is 122 Å². The smallest absolute Gasteiger partial charge is 0.228 e. The number of hydrogen-bond acceptors (Lipinski definition) is 5. The summed E-state index contributed by atoms with van der Waals surface area (Å²) in [7, 11) is 0. The van der Waals surface area contributed by atoms with Gasteiger partial charge in [-0.15, -0.1) is 10.2 Å². The molecule has 1 aromatic heterocycles. The van der Waals surface area contributed by atoms with Crippen LogP contribution in [0.15, 0.2) is 36.4 Å². The first-order valence-electron chi connectivity index (χ1n) is 6.51. The molecule has 0 atom stereocenters. The molecule has 0 aliphatic carbocycles. The molecule has 0 spiro atoms. The molecule has 0 unspecified atom stereocenters.